The van der Waals surface area contributed by atoms with Gasteiger partial charge in [0.2, 0.25) is 0 Å². The molecule has 0 spiro atoms. The van der Waals surface area contributed by atoms with Crippen LogP contribution in [0.15, 0.2) is 17.8 Å². The fraction of sp³-hybridized carbons (Fsp3) is 0.308. The van der Waals surface area contributed by atoms with Crippen molar-refractivity contribution in [2.45, 2.75) is 6.92 Å². The van der Waals surface area contributed by atoms with E-state index in [1.54, 1.807) is 0 Å². The molecule has 0 amide bonds. The number of methoxy groups -OCH3 is 3. The van der Waals surface area contributed by atoms with Crippen LogP contribution in [-0.2, 0) is 4.79 Å². The van der Waals surface area contributed by atoms with Crippen molar-refractivity contribution < 1.29 is 29.0 Å². The summed E-state index contributed by atoms with van der Waals surface area (Å²) < 4.78 is 15.4. The van der Waals surface area contributed by atoms with Gasteiger partial charge < -0.3 is 19.3 Å². The number of hydrogen-bond acceptors (Lipinski definition) is 6. The number of hydrogen-bond donors (Lipinski definition) is 1. The minimum absolute atomic E-state index is 0.0798. The Morgan fingerprint density at radius 3 is 1.90 bits per heavy atom. The van der Waals surface area contributed by atoms with Crippen molar-refractivity contribution in [1.82, 2.24) is 0 Å². The molecule has 114 valence electrons. The van der Waals surface area contributed by atoms with Gasteiger partial charge in [0.05, 0.1) is 31.8 Å². The number of carboxylic acids is 1. The minimum Gasteiger partial charge on any atom is -0.496 e. The number of nitrogens with zero attached hydrogens (tertiary/aromatic N) is 1. The molecule has 21 heavy (non-hydrogen) atoms. The van der Waals surface area contributed by atoms with Crippen molar-refractivity contribution in [3.05, 3.63) is 33.5 Å². The number of rotatable bonds is 6. The molecule has 8 heteroatoms. The number of carbonyl (C=O) groups is 1. The molecule has 0 saturated carbocycles. The van der Waals surface area contributed by atoms with Gasteiger partial charge in [0.25, 0.3) is 0 Å². The van der Waals surface area contributed by atoms with E-state index in [-0.39, 0.29) is 22.6 Å². The van der Waals surface area contributed by atoms with Crippen LogP contribution in [0.4, 0.5) is 0 Å². The van der Waals surface area contributed by atoms with Crippen LogP contribution >= 0.6 is 0 Å². The standard InChI is InChI=1S/C13H15NO7/c1-7(12(13(15)16)14(17)18)11-9(20-3)5-8(19-2)6-10(11)21-4/h5-6H,1-4H3,(H,15,16)/b12-7+. The highest BCUT2D eigenvalue weighted by molar-refractivity contribution is 5.95. The lowest BCUT2D eigenvalue weighted by molar-refractivity contribution is -0.420. The Bertz CT molecular complexity index is 566. The van der Waals surface area contributed by atoms with Gasteiger partial charge in [-0.2, -0.15) is 0 Å². The number of nitro groups is 1. The van der Waals surface area contributed by atoms with Gasteiger partial charge in [-0.15, -0.1) is 0 Å². The quantitative estimate of drug-likeness (QED) is 0.484. The van der Waals surface area contributed by atoms with E-state index in [2.05, 4.69) is 0 Å². The van der Waals surface area contributed by atoms with Crippen LogP contribution in [0.1, 0.15) is 12.5 Å². The molecular weight excluding hydrogens is 282 g/mol. The fourth-order valence-electron chi connectivity index (χ4n) is 1.87. The molecular formula is C13H15NO7. The predicted molar refractivity (Wildman–Crippen MR) is 73.3 cm³/mol. The first-order valence-corrected chi connectivity index (χ1v) is 5.76. The molecule has 0 aliphatic rings. The Hall–Kier alpha value is -2.77. The number of carboxylic acid groups (broad SMARTS) is 1. The van der Waals surface area contributed by atoms with E-state index in [9.17, 15) is 14.9 Å². The first kappa shape index (κ1) is 16.3. The van der Waals surface area contributed by atoms with Gasteiger partial charge in [0.15, 0.2) is 0 Å². The van der Waals surface area contributed by atoms with Crippen molar-refractivity contribution in [3.8, 4) is 17.2 Å². The summed E-state index contributed by atoms with van der Waals surface area (Å²) >= 11 is 0. The molecule has 1 N–H and O–H groups in total. The lowest BCUT2D eigenvalue weighted by Gasteiger charge is -2.15. The zero-order chi connectivity index (χ0) is 16.2. The molecule has 0 fully saturated rings. The summed E-state index contributed by atoms with van der Waals surface area (Å²) in [6.07, 6.45) is 0. The maximum absolute atomic E-state index is 11.1. The monoisotopic (exact) mass is 297 g/mol. The number of allylic oxidation sites excluding steroid dienone is 1. The fourth-order valence-corrected chi connectivity index (χ4v) is 1.87. The van der Waals surface area contributed by atoms with E-state index in [0.717, 1.165) is 0 Å². The summed E-state index contributed by atoms with van der Waals surface area (Å²) in [5.74, 6) is -0.802. The van der Waals surface area contributed by atoms with Crippen molar-refractivity contribution in [2.75, 3.05) is 21.3 Å². The summed E-state index contributed by atoms with van der Waals surface area (Å²) in [4.78, 5) is 21.1. The van der Waals surface area contributed by atoms with Crippen LogP contribution in [0.2, 0.25) is 0 Å². The molecule has 0 aromatic heterocycles. The van der Waals surface area contributed by atoms with Crippen LogP contribution in [0.3, 0.4) is 0 Å². The second-order valence-corrected chi connectivity index (χ2v) is 3.94. The van der Waals surface area contributed by atoms with Crippen LogP contribution < -0.4 is 14.2 Å². The van der Waals surface area contributed by atoms with E-state index in [0.29, 0.717) is 5.75 Å². The number of aliphatic carboxylic acids is 1. The maximum atomic E-state index is 11.1. The molecule has 0 saturated heterocycles. The summed E-state index contributed by atoms with van der Waals surface area (Å²) in [6.45, 7) is 1.32. The van der Waals surface area contributed by atoms with Gasteiger partial charge in [0, 0.05) is 17.7 Å². The van der Waals surface area contributed by atoms with Crippen molar-refractivity contribution in [3.63, 3.8) is 0 Å². The third kappa shape index (κ3) is 3.22. The Morgan fingerprint density at radius 1 is 1.14 bits per heavy atom. The summed E-state index contributed by atoms with van der Waals surface area (Å²) in [5, 5.41) is 19.9. The molecule has 0 radical (unpaired) electrons. The highest BCUT2D eigenvalue weighted by Crippen LogP contribution is 2.39. The zero-order valence-electron chi connectivity index (χ0n) is 12.0. The highest BCUT2D eigenvalue weighted by Gasteiger charge is 2.29. The van der Waals surface area contributed by atoms with E-state index in [1.807, 2.05) is 0 Å². The van der Waals surface area contributed by atoms with E-state index >= 15 is 0 Å². The first-order valence-electron chi connectivity index (χ1n) is 5.76. The van der Waals surface area contributed by atoms with Crippen LogP contribution in [0, 0.1) is 10.1 Å². The van der Waals surface area contributed by atoms with Gasteiger partial charge in [-0.05, 0) is 6.92 Å². The van der Waals surface area contributed by atoms with Crippen LogP contribution in [0.25, 0.3) is 5.57 Å². The lowest BCUT2D eigenvalue weighted by Crippen LogP contribution is -2.13. The molecule has 0 aliphatic heterocycles. The molecule has 0 aliphatic carbocycles. The van der Waals surface area contributed by atoms with Crippen molar-refractivity contribution in [2.24, 2.45) is 0 Å². The Morgan fingerprint density at radius 2 is 1.62 bits per heavy atom. The topological polar surface area (TPSA) is 108 Å². The van der Waals surface area contributed by atoms with E-state index < -0.39 is 16.6 Å². The maximum Gasteiger partial charge on any atom is 0.407 e. The smallest absolute Gasteiger partial charge is 0.407 e. The molecule has 1 aromatic carbocycles. The number of ether oxygens (including phenoxy) is 3. The number of benzene rings is 1. The molecule has 0 atom stereocenters. The Balaban J connectivity index is 3.71. The van der Waals surface area contributed by atoms with Crippen molar-refractivity contribution >= 4 is 11.5 Å². The normalized spacial score (nSPS) is 11.4. The predicted octanol–water partition coefficient (Wildman–Crippen LogP) is 1.80. The van der Waals surface area contributed by atoms with E-state index in [1.165, 1.54) is 40.4 Å². The SMILES string of the molecule is COc1cc(OC)c(/C(C)=C(\C(=O)O)[N+](=O)[O-])c(OC)c1. The second-order valence-electron chi connectivity index (χ2n) is 3.94. The largest absolute Gasteiger partial charge is 0.496 e. The average Bonchev–Trinajstić information content (AvgIpc) is 2.44. The Labute approximate surface area is 120 Å². The third-order valence-electron chi connectivity index (χ3n) is 2.83. The second kappa shape index (κ2) is 6.60. The van der Waals surface area contributed by atoms with E-state index in [4.69, 9.17) is 19.3 Å². The summed E-state index contributed by atoms with van der Waals surface area (Å²) in [7, 11) is 4.16. The van der Waals surface area contributed by atoms with Gasteiger partial charge in [-0.1, -0.05) is 0 Å². The van der Waals surface area contributed by atoms with Crippen LogP contribution in [0.5, 0.6) is 17.2 Å². The third-order valence-corrected chi connectivity index (χ3v) is 2.83. The first-order chi connectivity index (χ1) is 9.87. The summed E-state index contributed by atoms with van der Waals surface area (Å²) in [5.41, 5.74) is -0.837. The van der Waals surface area contributed by atoms with Crippen molar-refractivity contribution in [1.29, 1.82) is 0 Å². The minimum atomic E-state index is -1.64. The Kier molecular flexibility index (Phi) is 5.12. The summed E-state index contributed by atoms with van der Waals surface area (Å²) in [6, 6.07) is 2.97. The molecule has 0 heterocycles. The zero-order valence-corrected chi connectivity index (χ0v) is 12.0. The van der Waals surface area contributed by atoms with Gasteiger partial charge in [-0.25, -0.2) is 4.79 Å². The highest BCUT2D eigenvalue weighted by atomic mass is 16.6. The average molecular weight is 297 g/mol. The molecule has 8 nitrogen and oxygen atoms in total. The molecule has 0 bridgehead atoms. The van der Waals surface area contributed by atoms with Gasteiger partial charge in [-0.3, -0.25) is 10.1 Å². The molecule has 1 aromatic rings. The lowest BCUT2D eigenvalue weighted by atomic mass is 10.0. The van der Waals surface area contributed by atoms with Gasteiger partial charge in [0.1, 0.15) is 17.2 Å². The van der Waals surface area contributed by atoms with Crippen LogP contribution in [-0.4, -0.2) is 37.3 Å². The van der Waals surface area contributed by atoms with Gasteiger partial charge >= 0.3 is 11.7 Å². The molecule has 1 rings (SSSR count). The molecule has 0 unspecified atom stereocenters.